The summed E-state index contributed by atoms with van der Waals surface area (Å²) in [4.78, 5) is 25.9. The van der Waals surface area contributed by atoms with E-state index in [4.69, 9.17) is 9.47 Å². The SMILES string of the molecule is CCOC(=O)c1ccc(C(Br)C2(Br)CCN(C(=O)OC(C)(C)C)CC2)cc1. The molecule has 0 radical (unpaired) electrons. The topological polar surface area (TPSA) is 55.8 Å². The van der Waals surface area contributed by atoms with Crippen molar-refractivity contribution < 1.29 is 19.1 Å². The number of carbonyl (C=O) groups excluding carboxylic acids is 2. The van der Waals surface area contributed by atoms with Gasteiger partial charge in [0.25, 0.3) is 0 Å². The Morgan fingerprint density at radius 1 is 1.19 bits per heavy atom. The number of carbonyl (C=O) groups is 2. The number of hydrogen-bond acceptors (Lipinski definition) is 4. The highest BCUT2D eigenvalue weighted by atomic mass is 79.9. The minimum atomic E-state index is -0.487. The molecule has 1 fully saturated rings. The smallest absolute Gasteiger partial charge is 0.410 e. The fourth-order valence-electron chi connectivity index (χ4n) is 2.94. The Morgan fingerprint density at radius 3 is 2.22 bits per heavy atom. The maximum absolute atomic E-state index is 12.3. The lowest BCUT2D eigenvalue weighted by atomic mass is 9.89. The third-order valence-corrected chi connectivity index (χ3v) is 7.69. The average Bonchev–Trinajstić information content (AvgIpc) is 2.60. The summed E-state index contributed by atoms with van der Waals surface area (Å²) in [7, 11) is 0. The number of piperidine rings is 1. The van der Waals surface area contributed by atoms with E-state index in [0.29, 0.717) is 25.3 Å². The Labute approximate surface area is 178 Å². The average molecular weight is 505 g/mol. The zero-order valence-electron chi connectivity index (χ0n) is 16.3. The van der Waals surface area contributed by atoms with Crippen LogP contribution in [0, 0.1) is 0 Å². The number of nitrogens with zero attached hydrogens (tertiary/aromatic N) is 1. The molecule has 1 aromatic rings. The number of likely N-dealkylation sites (tertiary alicyclic amines) is 1. The summed E-state index contributed by atoms with van der Waals surface area (Å²) >= 11 is 7.70. The Hall–Kier alpha value is -1.08. The van der Waals surface area contributed by atoms with Gasteiger partial charge in [0.2, 0.25) is 0 Å². The third-order valence-electron chi connectivity index (χ3n) is 4.42. The van der Waals surface area contributed by atoms with E-state index in [1.165, 1.54) is 0 Å². The van der Waals surface area contributed by atoms with Crippen molar-refractivity contribution in [3.8, 4) is 0 Å². The minimum Gasteiger partial charge on any atom is -0.462 e. The van der Waals surface area contributed by atoms with E-state index in [1.807, 2.05) is 32.9 Å². The van der Waals surface area contributed by atoms with Gasteiger partial charge < -0.3 is 14.4 Å². The second-order valence-electron chi connectivity index (χ2n) is 7.71. The lowest BCUT2D eigenvalue weighted by Gasteiger charge is -2.41. The highest BCUT2D eigenvalue weighted by Crippen LogP contribution is 2.47. The van der Waals surface area contributed by atoms with Crippen LogP contribution in [0.5, 0.6) is 0 Å². The predicted octanol–water partition coefficient (Wildman–Crippen LogP) is 5.46. The molecule has 0 spiro atoms. The van der Waals surface area contributed by atoms with Crippen LogP contribution in [0.2, 0.25) is 0 Å². The first-order chi connectivity index (χ1) is 12.6. The number of benzene rings is 1. The summed E-state index contributed by atoms with van der Waals surface area (Å²) in [5.74, 6) is -0.311. The van der Waals surface area contributed by atoms with Gasteiger partial charge in [0.15, 0.2) is 0 Å². The van der Waals surface area contributed by atoms with Crippen molar-refractivity contribution >= 4 is 43.9 Å². The molecule has 1 amide bonds. The first-order valence-electron chi connectivity index (χ1n) is 9.14. The summed E-state index contributed by atoms with van der Waals surface area (Å²) in [6.07, 6.45) is 1.32. The number of alkyl halides is 2. The summed E-state index contributed by atoms with van der Waals surface area (Å²) in [5.41, 5.74) is 1.13. The summed E-state index contributed by atoms with van der Waals surface area (Å²) in [6.45, 7) is 9.03. The zero-order valence-corrected chi connectivity index (χ0v) is 19.4. The van der Waals surface area contributed by atoms with Crippen molar-refractivity contribution in [2.75, 3.05) is 19.7 Å². The van der Waals surface area contributed by atoms with Gasteiger partial charge in [-0.1, -0.05) is 44.0 Å². The van der Waals surface area contributed by atoms with Gasteiger partial charge in [0.05, 0.1) is 17.0 Å². The fraction of sp³-hybridized carbons (Fsp3) is 0.600. The van der Waals surface area contributed by atoms with E-state index in [1.54, 1.807) is 24.0 Å². The maximum atomic E-state index is 12.3. The van der Waals surface area contributed by atoms with Gasteiger partial charge in [-0.05, 0) is 58.2 Å². The lowest BCUT2D eigenvalue weighted by Crippen LogP contribution is -2.47. The van der Waals surface area contributed by atoms with Gasteiger partial charge in [0, 0.05) is 17.4 Å². The number of esters is 1. The highest BCUT2D eigenvalue weighted by molar-refractivity contribution is 9.12. The highest BCUT2D eigenvalue weighted by Gasteiger charge is 2.40. The molecular formula is C20H27Br2NO4. The largest absolute Gasteiger partial charge is 0.462 e. The molecule has 1 aliphatic rings. The van der Waals surface area contributed by atoms with Crippen LogP contribution in [0.3, 0.4) is 0 Å². The Morgan fingerprint density at radius 2 is 1.74 bits per heavy atom. The third kappa shape index (κ3) is 5.95. The van der Waals surface area contributed by atoms with Crippen LogP contribution in [0.25, 0.3) is 0 Å². The Bertz CT molecular complexity index is 662. The van der Waals surface area contributed by atoms with Gasteiger partial charge in [-0.25, -0.2) is 9.59 Å². The van der Waals surface area contributed by atoms with E-state index >= 15 is 0 Å². The van der Waals surface area contributed by atoms with Crippen LogP contribution in [0.4, 0.5) is 4.79 Å². The molecule has 5 nitrogen and oxygen atoms in total. The van der Waals surface area contributed by atoms with Gasteiger partial charge in [0.1, 0.15) is 5.60 Å². The van der Waals surface area contributed by atoms with Crippen LogP contribution < -0.4 is 0 Å². The molecule has 2 rings (SSSR count). The number of ether oxygens (including phenoxy) is 2. The van der Waals surface area contributed by atoms with Crippen LogP contribution in [-0.4, -0.2) is 46.6 Å². The zero-order chi connectivity index (χ0) is 20.2. The molecule has 7 heteroatoms. The van der Waals surface area contributed by atoms with Crippen molar-refractivity contribution in [3.05, 3.63) is 35.4 Å². The summed E-state index contributed by atoms with van der Waals surface area (Å²) in [6, 6.07) is 7.45. The molecule has 1 aliphatic heterocycles. The fourth-order valence-corrected chi connectivity index (χ4v) is 4.32. The molecule has 0 aromatic heterocycles. The van der Waals surface area contributed by atoms with Crippen molar-refractivity contribution in [1.29, 1.82) is 0 Å². The molecule has 1 saturated heterocycles. The molecule has 1 heterocycles. The monoisotopic (exact) mass is 503 g/mol. The quantitative estimate of drug-likeness (QED) is 0.403. The number of amides is 1. The minimum absolute atomic E-state index is 0.0574. The van der Waals surface area contributed by atoms with Crippen molar-refractivity contribution in [3.63, 3.8) is 0 Å². The summed E-state index contributed by atoms with van der Waals surface area (Å²) < 4.78 is 10.3. The molecule has 1 unspecified atom stereocenters. The molecule has 27 heavy (non-hydrogen) atoms. The van der Waals surface area contributed by atoms with Gasteiger partial charge in [-0.15, -0.1) is 0 Å². The van der Waals surface area contributed by atoms with Crippen molar-refractivity contribution in [2.24, 2.45) is 0 Å². The standard InChI is InChI=1S/C20H27Br2NO4/c1-5-26-17(24)15-8-6-14(7-9-15)16(21)20(22)10-12-23(13-11-20)18(25)27-19(2,3)4/h6-9,16H,5,10-13H2,1-4H3. The van der Waals surface area contributed by atoms with E-state index in [0.717, 1.165) is 18.4 Å². The van der Waals surface area contributed by atoms with E-state index in [-0.39, 0.29) is 21.2 Å². The second kappa shape index (κ2) is 8.95. The van der Waals surface area contributed by atoms with Gasteiger partial charge >= 0.3 is 12.1 Å². The Kier molecular flexibility index (Phi) is 7.36. The molecule has 0 saturated carbocycles. The van der Waals surface area contributed by atoms with E-state index in [9.17, 15) is 9.59 Å². The molecule has 1 atom stereocenters. The van der Waals surface area contributed by atoms with E-state index < -0.39 is 5.60 Å². The van der Waals surface area contributed by atoms with Crippen molar-refractivity contribution in [2.45, 2.75) is 55.3 Å². The van der Waals surface area contributed by atoms with Gasteiger partial charge in [-0.3, -0.25) is 0 Å². The molecule has 0 bridgehead atoms. The van der Waals surface area contributed by atoms with E-state index in [2.05, 4.69) is 31.9 Å². The molecular weight excluding hydrogens is 478 g/mol. The van der Waals surface area contributed by atoms with Crippen LogP contribution >= 0.6 is 31.9 Å². The second-order valence-corrected chi connectivity index (χ2v) is 10.2. The van der Waals surface area contributed by atoms with Crippen molar-refractivity contribution in [1.82, 2.24) is 4.90 Å². The number of rotatable bonds is 4. The molecule has 0 N–H and O–H groups in total. The summed E-state index contributed by atoms with van der Waals surface area (Å²) in [5, 5.41) is 0. The normalized spacial score (nSPS) is 17.9. The number of halogens is 2. The van der Waals surface area contributed by atoms with Crippen LogP contribution in [0.15, 0.2) is 24.3 Å². The van der Waals surface area contributed by atoms with Crippen LogP contribution in [0.1, 0.15) is 61.3 Å². The molecule has 0 aliphatic carbocycles. The maximum Gasteiger partial charge on any atom is 0.410 e. The van der Waals surface area contributed by atoms with Crippen LogP contribution in [-0.2, 0) is 9.47 Å². The Balaban J connectivity index is 2.00. The first kappa shape index (κ1) is 22.2. The lowest BCUT2D eigenvalue weighted by molar-refractivity contribution is 0.0198. The van der Waals surface area contributed by atoms with Gasteiger partial charge in [-0.2, -0.15) is 0 Å². The predicted molar refractivity (Wildman–Crippen MR) is 113 cm³/mol. The first-order valence-corrected chi connectivity index (χ1v) is 10.8. The number of hydrogen-bond donors (Lipinski definition) is 0. The molecule has 150 valence electrons. The molecule has 1 aromatic carbocycles.